The van der Waals surface area contributed by atoms with Crippen molar-refractivity contribution >= 4 is 15.9 Å². The molecule has 0 bridgehead atoms. The Morgan fingerprint density at radius 3 is 2.25 bits per heavy atom. The van der Waals surface area contributed by atoms with E-state index in [4.69, 9.17) is 5.26 Å². The molecule has 0 aliphatic heterocycles. The van der Waals surface area contributed by atoms with Crippen LogP contribution < -0.4 is 51.4 Å². The molecule has 1 aromatic heterocycles. The van der Waals surface area contributed by atoms with Gasteiger partial charge in [0.2, 0.25) is 0 Å². The number of rotatable bonds is 0. The van der Waals surface area contributed by atoms with Gasteiger partial charge in [-0.25, -0.2) is 0 Å². The topological polar surface area (TPSA) is 58.7 Å². The van der Waals surface area contributed by atoms with E-state index in [1.807, 2.05) is 20.2 Å². The van der Waals surface area contributed by atoms with Crippen LogP contribution in [0.15, 0.2) is 10.7 Å². The monoisotopic (exact) mass is 254 g/mol. The van der Waals surface area contributed by atoms with Crippen LogP contribution >= 0.6 is 15.9 Å². The molecular formula is C7H8BrKN2O. The Morgan fingerprint density at radius 2 is 2.08 bits per heavy atom. The van der Waals surface area contributed by atoms with E-state index in [0.717, 1.165) is 10.0 Å². The summed E-state index contributed by atoms with van der Waals surface area (Å²) in [5.41, 5.74) is 1.72. The van der Waals surface area contributed by atoms with E-state index in [1.165, 1.54) is 0 Å². The average Bonchev–Trinajstić information content (AvgIpc) is 2.09. The third-order valence-electron chi connectivity index (χ3n) is 1.48. The summed E-state index contributed by atoms with van der Waals surface area (Å²) in [6, 6.07) is 2.12. The van der Waals surface area contributed by atoms with Crippen LogP contribution in [0.2, 0.25) is 0 Å². The average molecular weight is 255 g/mol. The van der Waals surface area contributed by atoms with Gasteiger partial charge in [-0.15, -0.1) is 0 Å². The molecule has 0 aromatic carbocycles. The van der Waals surface area contributed by atoms with Crippen LogP contribution in [0.1, 0.15) is 11.3 Å². The van der Waals surface area contributed by atoms with Gasteiger partial charge in [-0.1, -0.05) is 0 Å². The summed E-state index contributed by atoms with van der Waals surface area (Å²) in [6.07, 6.45) is 1.88. The number of aromatic nitrogens is 1. The fourth-order valence-corrected chi connectivity index (χ4v) is 1.37. The van der Waals surface area contributed by atoms with Gasteiger partial charge in [0.1, 0.15) is 11.8 Å². The maximum Gasteiger partial charge on any atom is 1.00 e. The van der Waals surface area contributed by atoms with Crippen LogP contribution in [0, 0.1) is 18.3 Å². The van der Waals surface area contributed by atoms with Crippen molar-refractivity contribution in [1.82, 2.24) is 4.57 Å². The van der Waals surface area contributed by atoms with Gasteiger partial charge in [0, 0.05) is 17.7 Å². The molecule has 0 spiro atoms. The summed E-state index contributed by atoms with van der Waals surface area (Å²) in [5, 5.41) is 8.62. The van der Waals surface area contributed by atoms with Crippen molar-refractivity contribution in [2.75, 3.05) is 0 Å². The Balaban J connectivity index is 0. The number of halogens is 1. The molecule has 0 saturated heterocycles. The van der Waals surface area contributed by atoms with Gasteiger partial charge in [-0.2, -0.15) is 5.26 Å². The Labute approximate surface area is 123 Å². The van der Waals surface area contributed by atoms with Gasteiger partial charge in [0.15, 0.2) is 0 Å². The van der Waals surface area contributed by atoms with Gasteiger partial charge in [-0.05, 0) is 28.4 Å². The molecule has 0 unspecified atom stereocenters. The minimum Gasteiger partial charge on any atom is -0.870 e. The molecule has 1 N–H and O–H groups in total. The summed E-state index contributed by atoms with van der Waals surface area (Å²) >= 11 is 3.34. The molecule has 0 aliphatic carbocycles. The van der Waals surface area contributed by atoms with Crippen LogP contribution in [-0.4, -0.2) is 10.0 Å². The number of nitrogens with zero attached hydrogens (tertiary/aromatic N) is 2. The summed E-state index contributed by atoms with van der Waals surface area (Å²) in [4.78, 5) is 0. The smallest absolute Gasteiger partial charge is 0.870 e. The van der Waals surface area contributed by atoms with E-state index in [9.17, 15) is 0 Å². The standard InChI is InChI=1S/C7H7BrN2.K.H2O/c1-5-6(8)4-10(2)7(5)3-9;;/h4H,1-2H3;;1H2/q;+1;/p-1. The Bertz CT molecular complexity index is 303. The number of aryl methyl sites for hydroxylation is 1. The van der Waals surface area contributed by atoms with Crippen molar-refractivity contribution in [3.63, 3.8) is 0 Å². The number of hydrogen-bond donors (Lipinski definition) is 0. The third-order valence-corrected chi connectivity index (χ3v) is 2.28. The minimum atomic E-state index is 0. The predicted molar refractivity (Wildman–Crippen MR) is 44.5 cm³/mol. The second kappa shape index (κ2) is 6.32. The van der Waals surface area contributed by atoms with Crippen LogP contribution in [0.25, 0.3) is 0 Å². The second-order valence-corrected chi connectivity index (χ2v) is 3.03. The molecule has 12 heavy (non-hydrogen) atoms. The summed E-state index contributed by atoms with van der Waals surface area (Å²) in [6.45, 7) is 1.92. The van der Waals surface area contributed by atoms with Crippen LogP contribution in [-0.2, 0) is 7.05 Å². The summed E-state index contributed by atoms with van der Waals surface area (Å²) in [7, 11) is 1.86. The van der Waals surface area contributed by atoms with Gasteiger partial charge < -0.3 is 10.0 Å². The van der Waals surface area contributed by atoms with E-state index >= 15 is 0 Å². The van der Waals surface area contributed by atoms with E-state index in [2.05, 4.69) is 22.0 Å². The predicted octanol–water partition coefficient (Wildman–Crippen LogP) is -1.21. The molecular weight excluding hydrogens is 247 g/mol. The van der Waals surface area contributed by atoms with Crippen LogP contribution in [0.4, 0.5) is 0 Å². The maximum absolute atomic E-state index is 8.62. The molecule has 0 fully saturated rings. The maximum atomic E-state index is 8.62. The van der Waals surface area contributed by atoms with Gasteiger partial charge in [0.25, 0.3) is 0 Å². The minimum absolute atomic E-state index is 0. The van der Waals surface area contributed by atoms with Crippen molar-refractivity contribution in [2.24, 2.45) is 7.05 Å². The molecule has 3 nitrogen and oxygen atoms in total. The Kier molecular flexibility index (Phi) is 8.07. The van der Waals surface area contributed by atoms with E-state index in [-0.39, 0.29) is 56.9 Å². The molecule has 0 aliphatic rings. The van der Waals surface area contributed by atoms with Crippen molar-refractivity contribution in [1.29, 1.82) is 5.26 Å². The molecule has 1 aromatic rings. The zero-order valence-corrected chi connectivity index (χ0v) is 12.0. The van der Waals surface area contributed by atoms with E-state index in [0.29, 0.717) is 5.69 Å². The fourth-order valence-electron chi connectivity index (χ4n) is 0.872. The van der Waals surface area contributed by atoms with Crippen molar-refractivity contribution in [3.8, 4) is 6.07 Å². The van der Waals surface area contributed by atoms with E-state index < -0.39 is 0 Å². The first-order chi connectivity index (χ1) is 4.66. The molecule has 0 atom stereocenters. The summed E-state index contributed by atoms with van der Waals surface area (Å²) in [5.74, 6) is 0. The number of nitriles is 1. The zero-order chi connectivity index (χ0) is 7.72. The first-order valence-corrected chi connectivity index (χ1v) is 3.67. The first-order valence-electron chi connectivity index (χ1n) is 2.88. The molecule has 60 valence electrons. The molecule has 0 radical (unpaired) electrons. The second-order valence-electron chi connectivity index (χ2n) is 2.17. The molecule has 0 saturated carbocycles. The third kappa shape index (κ3) is 2.96. The van der Waals surface area contributed by atoms with Gasteiger partial charge in [-0.3, -0.25) is 0 Å². The molecule has 0 amide bonds. The molecule has 1 heterocycles. The quantitative estimate of drug-likeness (QED) is 0.546. The van der Waals surface area contributed by atoms with E-state index in [1.54, 1.807) is 4.57 Å². The SMILES string of the molecule is Cc1c(Br)cn(C)c1C#N.[K+].[OH-]. The fraction of sp³-hybridized carbons (Fsp3) is 0.286. The Hall–Kier alpha value is 0.846. The molecule has 1 rings (SSSR count). The van der Waals surface area contributed by atoms with Crippen molar-refractivity contribution in [2.45, 2.75) is 6.92 Å². The van der Waals surface area contributed by atoms with Gasteiger partial charge >= 0.3 is 51.4 Å². The van der Waals surface area contributed by atoms with Crippen molar-refractivity contribution < 1.29 is 56.9 Å². The first kappa shape index (κ1) is 15.3. The normalized spacial score (nSPS) is 7.83. The van der Waals surface area contributed by atoms with Crippen LogP contribution in [0.3, 0.4) is 0 Å². The molecule has 5 heteroatoms. The van der Waals surface area contributed by atoms with Crippen molar-refractivity contribution in [3.05, 3.63) is 21.9 Å². The van der Waals surface area contributed by atoms with Crippen LogP contribution in [0.5, 0.6) is 0 Å². The van der Waals surface area contributed by atoms with Gasteiger partial charge in [0.05, 0.1) is 0 Å². The number of hydrogen-bond acceptors (Lipinski definition) is 2. The zero-order valence-electron chi connectivity index (χ0n) is 7.30. The Morgan fingerprint density at radius 1 is 1.58 bits per heavy atom. The largest absolute Gasteiger partial charge is 1.00 e. The summed E-state index contributed by atoms with van der Waals surface area (Å²) < 4.78 is 2.80.